The molecule has 2 aliphatic rings. The molecule has 0 aliphatic carbocycles. The summed E-state index contributed by atoms with van der Waals surface area (Å²) in [5, 5.41) is 0. The molecule has 1 fully saturated rings. The van der Waals surface area contributed by atoms with E-state index in [9.17, 15) is 0 Å². The molecule has 0 saturated carbocycles. The van der Waals surface area contributed by atoms with Crippen molar-refractivity contribution in [2.24, 2.45) is 0 Å². The molecule has 0 bridgehead atoms. The van der Waals surface area contributed by atoms with E-state index in [1.807, 2.05) is 12.2 Å². The molecule has 0 aromatic rings. The molecule has 2 nitrogen and oxygen atoms in total. The molecule has 0 radical (unpaired) electrons. The SMILES string of the molecule is C=C[C@@H]1C[C@]2(CC)OCC=C[C@@H]2O1. The van der Waals surface area contributed by atoms with Crippen LogP contribution in [0.2, 0.25) is 0 Å². The van der Waals surface area contributed by atoms with Gasteiger partial charge < -0.3 is 9.47 Å². The van der Waals surface area contributed by atoms with Crippen molar-refractivity contribution in [3.05, 3.63) is 24.8 Å². The van der Waals surface area contributed by atoms with Crippen molar-refractivity contribution in [3.8, 4) is 0 Å². The number of rotatable bonds is 2. The fraction of sp³-hybridized carbons (Fsp3) is 0.636. The second-order valence-corrected chi connectivity index (χ2v) is 3.69. The van der Waals surface area contributed by atoms with Crippen LogP contribution in [0.4, 0.5) is 0 Å². The molecular formula is C11H16O2. The first kappa shape index (κ1) is 8.97. The molecule has 72 valence electrons. The number of ether oxygens (including phenoxy) is 2. The smallest absolute Gasteiger partial charge is 0.106 e. The van der Waals surface area contributed by atoms with Crippen molar-refractivity contribution in [2.45, 2.75) is 37.6 Å². The third-order valence-electron chi connectivity index (χ3n) is 3.03. The minimum absolute atomic E-state index is 0.0758. The number of hydrogen-bond acceptors (Lipinski definition) is 2. The molecule has 0 aromatic carbocycles. The highest BCUT2D eigenvalue weighted by Crippen LogP contribution is 2.39. The van der Waals surface area contributed by atoms with E-state index in [2.05, 4.69) is 19.6 Å². The second kappa shape index (κ2) is 3.28. The van der Waals surface area contributed by atoms with Crippen molar-refractivity contribution in [3.63, 3.8) is 0 Å². The van der Waals surface area contributed by atoms with Crippen molar-refractivity contribution in [1.29, 1.82) is 0 Å². The average Bonchev–Trinajstić information content (AvgIpc) is 2.56. The molecule has 0 amide bonds. The van der Waals surface area contributed by atoms with Crippen molar-refractivity contribution in [2.75, 3.05) is 6.61 Å². The van der Waals surface area contributed by atoms with Crippen LogP contribution in [0.15, 0.2) is 24.8 Å². The van der Waals surface area contributed by atoms with Gasteiger partial charge in [0.2, 0.25) is 0 Å². The van der Waals surface area contributed by atoms with Gasteiger partial charge in [-0.15, -0.1) is 6.58 Å². The maximum absolute atomic E-state index is 5.81. The number of hydrogen-bond donors (Lipinski definition) is 0. The zero-order chi connectivity index (χ0) is 9.31. The molecule has 0 unspecified atom stereocenters. The first-order valence-electron chi connectivity index (χ1n) is 4.89. The highest BCUT2D eigenvalue weighted by atomic mass is 16.6. The van der Waals surface area contributed by atoms with Crippen LogP contribution in [0, 0.1) is 0 Å². The van der Waals surface area contributed by atoms with Crippen LogP contribution >= 0.6 is 0 Å². The molecule has 13 heavy (non-hydrogen) atoms. The van der Waals surface area contributed by atoms with Gasteiger partial charge in [-0.2, -0.15) is 0 Å². The van der Waals surface area contributed by atoms with Gasteiger partial charge in [-0.3, -0.25) is 0 Å². The number of fused-ring (bicyclic) bond motifs is 1. The van der Waals surface area contributed by atoms with Gasteiger partial charge in [-0.25, -0.2) is 0 Å². The first-order valence-corrected chi connectivity index (χ1v) is 4.89. The van der Waals surface area contributed by atoms with Crippen LogP contribution in [-0.2, 0) is 9.47 Å². The summed E-state index contributed by atoms with van der Waals surface area (Å²) < 4.78 is 11.6. The fourth-order valence-corrected chi connectivity index (χ4v) is 2.16. The van der Waals surface area contributed by atoms with Crippen LogP contribution in [-0.4, -0.2) is 24.4 Å². The Bertz CT molecular complexity index is 234. The topological polar surface area (TPSA) is 18.5 Å². The first-order chi connectivity index (χ1) is 6.30. The van der Waals surface area contributed by atoms with E-state index in [0.29, 0.717) is 0 Å². The molecule has 1 saturated heterocycles. The molecule has 3 atom stereocenters. The van der Waals surface area contributed by atoms with Gasteiger partial charge >= 0.3 is 0 Å². The Balaban J connectivity index is 2.21. The second-order valence-electron chi connectivity index (χ2n) is 3.69. The lowest BCUT2D eigenvalue weighted by molar-refractivity contribution is -0.0767. The molecular weight excluding hydrogens is 164 g/mol. The predicted molar refractivity (Wildman–Crippen MR) is 51.6 cm³/mol. The fourth-order valence-electron chi connectivity index (χ4n) is 2.16. The highest BCUT2D eigenvalue weighted by Gasteiger charge is 2.47. The van der Waals surface area contributed by atoms with E-state index >= 15 is 0 Å². The van der Waals surface area contributed by atoms with Gasteiger partial charge in [0.05, 0.1) is 12.7 Å². The van der Waals surface area contributed by atoms with Gasteiger partial charge in [0.15, 0.2) is 0 Å². The van der Waals surface area contributed by atoms with E-state index < -0.39 is 0 Å². The van der Waals surface area contributed by atoms with Gasteiger partial charge in [-0.1, -0.05) is 25.2 Å². The summed E-state index contributed by atoms with van der Waals surface area (Å²) in [6, 6.07) is 0. The van der Waals surface area contributed by atoms with Crippen LogP contribution in [0.1, 0.15) is 19.8 Å². The Kier molecular flexibility index (Phi) is 2.26. The summed E-state index contributed by atoms with van der Waals surface area (Å²) >= 11 is 0. The van der Waals surface area contributed by atoms with Gasteiger partial charge in [-0.05, 0) is 6.42 Å². The van der Waals surface area contributed by atoms with E-state index in [1.54, 1.807) is 0 Å². The standard InChI is InChI=1S/C11H16O2/c1-3-9-8-11(4-2)10(13-9)6-5-7-12-11/h3,5-6,9-10H,1,4,7-8H2,2H3/t9-,10+,11+/m1/s1. The maximum Gasteiger partial charge on any atom is 0.106 e. The Hall–Kier alpha value is -0.600. The summed E-state index contributed by atoms with van der Waals surface area (Å²) in [6.45, 7) is 6.63. The summed E-state index contributed by atoms with van der Waals surface area (Å²) in [6.07, 6.45) is 8.27. The van der Waals surface area contributed by atoms with E-state index in [-0.39, 0.29) is 17.8 Å². The van der Waals surface area contributed by atoms with E-state index in [4.69, 9.17) is 9.47 Å². The van der Waals surface area contributed by atoms with Crippen molar-refractivity contribution < 1.29 is 9.47 Å². The van der Waals surface area contributed by atoms with E-state index in [0.717, 1.165) is 19.4 Å². The van der Waals surface area contributed by atoms with Gasteiger partial charge in [0.25, 0.3) is 0 Å². The molecule has 2 heterocycles. The molecule has 0 spiro atoms. The van der Waals surface area contributed by atoms with Crippen LogP contribution in [0.25, 0.3) is 0 Å². The van der Waals surface area contributed by atoms with Crippen molar-refractivity contribution in [1.82, 2.24) is 0 Å². The predicted octanol–water partition coefficient (Wildman–Crippen LogP) is 2.07. The Morgan fingerprint density at radius 1 is 1.69 bits per heavy atom. The third-order valence-corrected chi connectivity index (χ3v) is 3.03. The molecule has 2 rings (SSSR count). The lowest BCUT2D eigenvalue weighted by Crippen LogP contribution is -2.41. The summed E-state index contributed by atoms with van der Waals surface area (Å²) in [5.74, 6) is 0. The average molecular weight is 180 g/mol. The van der Waals surface area contributed by atoms with Gasteiger partial charge in [0.1, 0.15) is 11.7 Å². The normalized spacial score (nSPS) is 43.2. The molecule has 2 heteroatoms. The zero-order valence-corrected chi connectivity index (χ0v) is 8.03. The molecule has 0 N–H and O–H groups in total. The lowest BCUT2D eigenvalue weighted by Gasteiger charge is -2.33. The summed E-state index contributed by atoms with van der Waals surface area (Å²) in [5.41, 5.74) is -0.0758. The minimum Gasteiger partial charge on any atom is -0.368 e. The van der Waals surface area contributed by atoms with Crippen molar-refractivity contribution >= 4 is 0 Å². The largest absolute Gasteiger partial charge is 0.368 e. The summed E-state index contributed by atoms with van der Waals surface area (Å²) in [4.78, 5) is 0. The Labute approximate surface area is 79.2 Å². The maximum atomic E-state index is 5.81. The lowest BCUT2D eigenvalue weighted by atomic mass is 9.89. The third kappa shape index (κ3) is 1.34. The molecule has 0 aromatic heterocycles. The molecule has 2 aliphatic heterocycles. The Morgan fingerprint density at radius 2 is 2.54 bits per heavy atom. The van der Waals surface area contributed by atoms with Crippen LogP contribution in [0.5, 0.6) is 0 Å². The summed E-state index contributed by atoms with van der Waals surface area (Å²) in [7, 11) is 0. The minimum atomic E-state index is -0.0758. The zero-order valence-electron chi connectivity index (χ0n) is 8.03. The highest BCUT2D eigenvalue weighted by molar-refractivity contribution is 5.12. The van der Waals surface area contributed by atoms with Gasteiger partial charge in [0, 0.05) is 6.42 Å². The monoisotopic (exact) mass is 180 g/mol. The van der Waals surface area contributed by atoms with Crippen LogP contribution in [0.3, 0.4) is 0 Å². The van der Waals surface area contributed by atoms with Crippen LogP contribution < -0.4 is 0 Å². The quantitative estimate of drug-likeness (QED) is 0.606. The Morgan fingerprint density at radius 3 is 3.15 bits per heavy atom. The van der Waals surface area contributed by atoms with E-state index in [1.165, 1.54) is 0 Å².